The van der Waals surface area contributed by atoms with Crippen LogP contribution < -0.4 is 11.2 Å². The van der Waals surface area contributed by atoms with E-state index in [0.29, 0.717) is 11.3 Å². The average molecular weight is 363 g/mol. The number of ether oxygens (including phenoxy) is 1. The predicted octanol–water partition coefficient (Wildman–Crippen LogP) is 3.36. The van der Waals surface area contributed by atoms with E-state index in [9.17, 15) is 14.4 Å². The first-order valence-corrected chi connectivity index (χ1v) is 8.65. The van der Waals surface area contributed by atoms with E-state index in [0.717, 1.165) is 37.1 Å². The lowest BCUT2D eigenvalue weighted by molar-refractivity contribution is -0.143. The van der Waals surface area contributed by atoms with Crippen molar-refractivity contribution in [2.45, 2.75) is 46.5 Å². The van der Waals surface area contributed by atoms with Gasteiger partial charge in [0, 0.05) is 11.5 Å². The van der Waals surface area contributed by atoms with Crippen LogP contribution in [-0.4, -0.2) is 35.9 Å². The van der Waals surface area contributed by atoms with E-state index in [1.165, 1.54) is 0 Å². The van der Waals surface area contributed by atoms with Gasteiger partial charge in [-0.05, 0) is 31.9 Å². The number of carbonyl (C=O) groups is 3. The molecule has 0 saturated heterocycles. The van der Waals surface area contributed by atoms with Crippen molar-refractivity contribution in [1.82, 2.24) is 5.01 Å². The second kappa shape index (κ2) is 10.6. The van der Waals surface area contributed by atoms with Crippen LogP contribution in [0, 0.1) is 5.92 Å². The molecule has 1 aliphatic rings. The highest BCUT2D eigenvalue weighted by atomic mass is 16.5. The number of nitrogens with one attached hydrogen (secondary N) is 1. The SMILES string of the molecule is C.CCOC(=O)CN(N)C(=O)Nc1ccccc1C(=O)C1CCCCC1. The largest absolute Gasteiger partial charge is 0.465 e. The Balaban J connectivity index is 0.00000338. The summed E-state index contributed by atoms with van der Waals surface area (Å²) >= 11 is 0. The number of benzene rings is 1. The monoisotopic (exact) mass is 363 g/mol. The second-order valence-electron chi connectivity index (χ2n) is 6.11. The zero-order chi connectivity index (χ0) is 18.2. The van der Waals surface area contributed by atoms with Gasteiger partial charge in [-0.2, -0.15) is 0 Å². The van der Waals surface area contributed by atoms with Crippen LogP contribution in [0.15, 0.2) is 24.3 Å². The molecule has 0 heterocycles. The molecule has 0 bridgehead atoms. The lowest BCUT2D eigenvalue weighted by atomic mass is 9.83. The molecular formula is C19H29N3O4. The number of carbonyl (C=O) groups excluding carboxylic acids is 3. The Morgan fingerprint density at radius 3 is 2.50 bits per heavy atom. The van der Waals surface area contributed by atoms with Gasteiger partial charge in [-0.15, -0.1) is 0 Å². The topological polar surface area (TPSA) is 102 Å². The fourth-order valence-electron chi connectivity index (χ4n) is 3.00. The number of hydrogen-bond donors (Lipinski definition) is 2. The van der Waals surface area contributed by atoms with E-state index in [4.69, 9.17) is 10.6 Å². The van der Waals surface area contributed by atoms with Crippen molar-refractivity contribution in [1.29, 1.82) is 0 Å². The summed E-state index contributed by atoms with van der Waals surface area (Å²) in [5, 5.41) is 3.35. The van der Waals surface area contributed by atoms with Crippen molar-refractivity contribution in [3.8, 4) is 0 Å². The summed E-state index contributed by atoms with van der Waals surface area (Å²) in [5.74, 6) is 5.06. The molecule has 0 aliphatic heterocycles. The number of esters is 1. The fraction of sp³-hybridized carbons (Fsp3) is 0.526. The number of Topliss-reactive ketones (excluding diaryl/α,β-unsaturated/α-hetero) is 1. The van der Waals surface area contributed by atoms with Crippen LogP contribution in [0.3, 0.4) is 0 Å². The van der Waals surface area contributed by atoms with Gasteiger partial charge in [-0.25, -0.2) is 10.6 Å². The minimum Gasteiger partial charge on any atom is -0.465 e. The number of rotatable bonds is 6. The summed E-state index contributed by atoms with van der Waals surface area (Å²) in [6, 6.07) is 6.20. The first-order valence-electron chi connectivity index (χ1n) is 8.65. The van der Waals surface area contributed by atoms with Crippen LogP contribution in [0.1, 0.15) is 56.8 Å². The van der Waals surface area contributed by atoms with Gasteiger partial charge in [0.05, 0.1) is 12.3 Å². The molecule has 0 atom stereocenters. The van der Waals surface area contributed by atoms with Crippen LogP contribution in [0.4, 0.5) is 10.5 Å². The standard InChI is InChI=1S/C18H25N3O4.CH4/c1-2-25-16(22)12-21(19)18(24)20-15-11-7-6-10-14(15)17(23)13-8-4-3-5-9-13;/h6-7,10-11,13H,2-5,8-9,12,19H2,1H3,(H,20,24);1H4. The van der Waals surface area contributed by atoms with Crippen LogP contribution in [0.2, 0.25) is 0 Å². The molecule has 1 aromatic carbocycles. The summed E-state index contributed by atoms with van der Waals surface area (Å²) in [4.78, 5) is 36.4. The lowest BCUT2D eigenvalue weighted by Crippen LogP contribution is -2.44. The van der Waals surface area contributed by atoms with Crippen molar-refractivity contribution in [3.63, 3.8) is 0 Å². The molecule has 0 aromatic heterocycles. The van der Waals surface area contributed by atoms with Gasteiger partial charge in [0.2, 0.25) is 0 Å². The minimum absolute atomic E-state index is 0. The van der Waals surface area contributed by atoms with Crippen LogP contribution in [0.5, 0.6) is 0 Å². The normalized spacial score (nSPS) is 14.1. The maximum absolute atomic E-state index is 12.8. The highest BCUT2D eigenvalue weighted by Crippen LogP contribution is 2.29. The van der Waals surface area contributed by atoms with Crippen LogP contribution in [0.25, 0.3) is 0 Å². The lowest BCUT2D eigenvalue weighted by Gasteiger charge is -2.22. The molecule has 1 saturated carbocycles. The summed E-state index contributed by atoms with van der Waals surface area (Å²) in [7, 11) is 0. The first-order chi connectivity index (χ1) is 12.0. The Labute approximate surface area is 154 Å². The molecule has 7 nitrogen and oxygen atoms in total. The molecule has 1 fully saturated rings. The van der Waals surface area contributed by atoms with Crippen LogP contribution in [-0.2, 0) is 9.53 Å². The molecule has 0 radical (unpaired) electrons. The highest BCUT2D eigenvalue weighted by Gasteiger charge is 2.25. The summed E-state index contributed by atoms with van der Waals surface area (Å²) in [6.07, 6.45) is 5.04. The van der Waals surface area contributed by atoms with Gasteiger partial charge in [-0.3, -0.25) is 14.6 Å². The number of hydrazine groups is 1. The molecular weight excluding hydrogens is 334 g/mol. The quantitative estimate of drug-likeness (QED) is 0.265. The van der Waals surface area contributed by atoms with Crippen molar-refractivity contribution in [2.75, 3.05) is 18.5 Å². The molecule has 1 aromatic rings. The third-order valence-corrected chi connectivity index (χ3v) is 4.28. The van der Waals surface area contributed by atoms with Crippen molar-refractivity contribution >= 4 is 23.5 Å². The number of amides is 2. The number of para-hydroxylation sites is 1. The Morgan fingerprint density at radius 1 is 1.19 bits per heavy atom. The molecule has 0 spiro atoms. The van der Waals surface area contributed by atoms with E-state index in [1.54, 1.807) is 31.2 Å². The molecule has 3 N–H and O–H groups in total. The van der Waals surface area contributed by atoms with Gasteiger partial charge >= 0.3 is 12.0 Å². The highest BCUT2D eigenvalue weighted by molar-refractivity contribution is 6.05. The second-order valence-corrected chi connectivity index (χ2v) is 6.11. The van der Waals surface area contributed by atoms with E-state index in [2.05, 4.69) is 5.32 Å². The van der Waals surface area contributed by atoms with Gasteiger partial charge in [0.15, 0.2) is 5.78 Å². The Morgan fingerprint density at radius 2 is 1.85 bits per heavy atom. The number of anilines is 1. The smallest absolute Gasteiger partial charge is 0.336 e. The number of nitrogens with two attached hydrogens (primary N) is 1. The number of hydrogen-bond acceptors (Lipinski definition) is 5. The molecule has 7 heteroatoms. The Bertz CT molecular complexity index is 627. The zero-order valence-corrected chi connectivity index (χ0v) is 14.5. The maximum atomic E-state index is 12.8. The summed E-state index contributed by atoms with van der Waals surface area (Å²) in [6.45, 7) is 1.53. The molecule has 144 valence electrons. The van der Waals surface area contributed by atoms with Crippen molar-refractivity contribution in [2.24, 2.45) is 11.8 Å². The fourth-order valence-corrected chi connectivity index (χ4v) is 3.00. The molecule has 0 unspecified atom stereocenters. The van der Waals surface area contributed by atoms with Gasteiger partial charge in [0.1, 0.15) is 6.54 Å². The zero-order valence-electron chi connectivity index (χ0n) is 14.5. The Hall–Kier alpha value is -2.41. The van der Waals surface area contributed by atoms with Crippen molar-refractivity contribution in [3.05, 3.63) is 29.8 Å². The summed E-state index contributed by atoms with van der Waals surface area (Å²) < 4.78 is 4.76. The number of nitrogens with zero attached hydrogens (tertiary/aromatic N) is 1. The van der Waals surface area contributed by atoms with E-state index in [1.807, 2.05) is 0 Å². The minimum atomic E-state index is -0.669. The Kier molecular flexibility index (Phi) is 8.78. The predicted molar refractivity (Wildman–Crippen MR) is 101 cm³/mol. The maximum Gasteiger partial charge on any atom is 0.336 e. The third-order valence-electron chi connectivity index (χ3n) is 4.28. The first kappa shape index (κ1) is 21.6. The van der Waals surface area contributed by atoms with E-state index >= 15 is 0 Å². The number of urea groups is 1. The molecule has 2 rings (SSSR count). The van der Waals surface area contributed by atoms with Crippen LogP contribution >= 0.6 is 0 Å². The summed E-state index contributed by atoms with van der Waals surface area (Å²) in [5.41, 5.74) is 0.884. The number of ketones is 1. The van der Waals surface area contributed by atoms with Gasteiger partial charge < -0.3 is 10.1 Å². The molecule has 1 aliphatic carbocycles. The molecule has 26 heavy (non-hydrogen) atoms. The van der Waals surface area contributed by atoms with E-state index < -0.39 is 12.0 Å². The van der Waals surface area contributed by atoms with Gasteiger partial charge in [-0.1, -0.05) is 38.8 Å². The average Bonchev–Trinajstić information content (AvgIpc) is 2.62. The van der Waals surface area contributed by atoms with Crippen molar-refractivity contribution < 1.29 is 19.1 Å². The van der Waals surface area contributed by atoms with Gasteiger partial charge in [0.25, 0.3) is 0 Å². The molecule has 2 amide bonds. The van der Waals surface area contributed by atoms with E-state index in [-0.39, 0.29) is 32.3 Å². The third kappa shape index (κ3) is 5.84.